The van der Waals surface area contributed by atoms with E-state index in [2.05, 4.69) is 32.8 Å². The standard InChI is InChI=1S/C28H30N6O3S/c1-2-22(35)31-19-10-6-11-20(19)32-26(36)25-24-23-21(12-14-30-27(23)38-25)34(28(37)33-24)17-8-5-7-16(15-17)18-9-3-4-13-29-18/h2-5,7-9,13,15,19-21,23,27,30H,1,6,10-12,14H2,(H,31,35)(H,32,36)(H,33,37)/t19-,20-,21?,23?,27?/m1/s1. The molecule has 3 aliphatic heterocycles. The minimum Gasteiger partial charge on any atom is -0.348 e. The number of nitrogens with zero attached hydrogens (tertiary/aromatic N) is 2. The number of piperidine rings is 1. The topological polar surface area (TPSA) is 115 Å². The highest BCUT2D eigenvalue weighted by atomic mass is 32.2. The van der Waals surface area contributed by atoms with Gasteiger partial charge in [-0.05, 0) is 62.6 Å². The summed E-state index contributed by atoms with van der Waals surface area (Å²) in [5, 5.41) is 12.7. The van der Waals surface area contributed by atoms with Crippen LogP contribution < -0.4 is 26.2 Å². The zero-order valence-corrected chi connectivity index (χ0v) is 21.7. The third-order valence-electron chi connectivity index (χ3n) is 7.78. The van der Waals surface area contributed by atoms with Gasteiger partial charge in [0, 0.05) is 41.1 Å². The van der Waals surface area contributed by atoms with Gasteiger partial charge in [0.15, 0.2) is 0 Å². The maximum absolute atomic E-state index is 13.6. The highest BCUT2D eigenvalue weighted by molar-refractivity contribution is 8.04. The molecular formula is C28H30N6O3S. The quantitative estimate of drug-likeness (QED) is 0.427. The number of hydrogen-bond acceptors (Lipinski definition) is 6. The number of anilines is 1. The molecule has 0 bridgehead atoms. The molecule has 4 heterocycles. The number of urea groups is 1. The van der Waals surface area contributed by atoms with E-state index in [4.69, 9.17) is 0 Å². The SMILES string of the molecule is C=CC(=O)N[C@@H]1CCC[C@H]1NC(=O)C1=C2NC(=O)N(c3cccc(-c4ccccn4)c3)C3CCNC(S1)C23. The lowest BCUT2D eigenvalue weighted by Gasteiger charge is -2.45. The van der Waals surface area contributed by atoms with Gasteiger partial charge in [0.1, 0.15) is 0 Å². The van der Waals surface area contributed by atoms with Crippen molar-refractivity contribution in [1.82, 2.24) is 26.3 Å². The number of benzene rings is 1. The first-order valence-corrected chi connectivity index (χ1v) is 13.9. The van der Waals surface area contributed by atoms with Gasteiger partial charge in [-0.1, -0.05) is 36.5 Å². The summed E-state index contributed by atoms with van der Waals surface area (Å²) in [5.74, 6) is -0.473. The van der Waals surface area contributed by atoms with Crippen molar-refractivity contribution in [3.63, 3.8) is 0 Å². The van der Waals surface area contributed by atoms with Crippen molar-refractivity contribution in [3.05, 3.63) is 71.9 Å². The average molecular weight is 531 g/mol. The first-order valence-electron chi connectivity index (χ1n) is 13.0. The molecule has 4 N–H and O–H groups in total. The van der Waals surface area contributed by atoms with Crippen LogP contribution in [0.4, 0.5) is 10.5 Å². The van der Waals surface area contributed by atoms with Crippen LogP contribution in [0.5, 0.6) is 0 Å². The minimum absolute atomic E-state index is 0.00795. The lowest BCUT2D eigenvalue weighted by Crippen LogP contribution is -2.62. The van der Waals surface area contributed by atoms with Crippen LogP contribution in [0.25, 0.3) is 11.3 Å². The first kappa shape index (κ1) is 24.7. The van der Waals surface area contributed by atoms with E-state index in [1.54, 1.807) is 6.20 Å². The van der Waals surface area contributed by atoms with Crippen LogP contribution in [0, 0.1) is 5.92 Å². The van der Waals surface area contributed by atoms with E-state index in [1.165, 1.54) is 17.8 Å². The summed E-state index contributed by atoms with van der Waals surface area (Å²) >= 11 is 1.48. The number of carbonyl (C=O) groups excluding carboxylic acids is 3. The zero-order valence-electron chi connectivity index (χ0n) is 20.9. The second kappa shape index (κ2) is 10.3. The molecule has 4 aliphatic rings. The van der Waals surface area contributed by atoms with Crippen molar-refractivity contribution in [2.24, 2.45) is 5.92 Å². The van der Waals surface area contributed by atoms with Gasteiger partial charge >= 0.3 is 6.03 Å². The maximum Gasteiger partial charge on any atom is 0.326 e. The van der Waals surface area contributed by atoms with E-state index in [9.17, 15) is 14.4 Å². The number of aromatic nitrogens is 1. The summed E-state index contributed by atoms with van der Waals surface area (Å²) < 4.78 is 0. The molecule has 1 aromatic heterocycles. The van der Waals surface area contributed by atoms with Crippen LogP contribution >= 0.6 is 11.8 Å². The summed E-state index contributed by atoms with van der Waals surface area (Å²) in [6.45, 7) is 4.27. The third-order valence-corrected chi connectivity index (χ3v) is 9.13. The fraction of sp³-hybridized carbons (Fsp3) is 0.357. The van der Waals surface area contributed by atoms with Crippen LogP contribution in [0.3, 0.4) is 0 Å². The molecule has 196 valence electrons. The number of hydrogen-bond donors (Lipinski definition) is 4. The predicted molar refractivity (Wildman–Crippen MR) is 147 cm³/mol. The van der Waals surface area contributed by atoms with Crippen LogP contribution in [0.1, 0.15) is 25.7 Å². The lowest BCUT2D eigenvalue weighted by atomic mass is 9.86. The Labute approximate surface area is 225 Å². The van der Waals surface area contributed by atoms with Crippen molar-refractivity contribution in [2.45, 2.75) is 49.2 Å². The van der Waals surface area contributed by atoms with Gasteiger partial charge in [0.05, 0.1) is 22.0 Å². The molecule has 5 atom stereocenters. The Kier molecular flexibility index (Phi) is 6.67. The van der Waals surface area contributed by atoms with Crippen LogP contribution in [0.15, 0.2) is 71.9 Å². The zero-order chi connectivity index (χ0) is 26.2. The molecule has 0 radical (unpaired) electrons. The molecule has 1 aliphatic carbocycles. The van der Waals surface area contributed by atoms with Crippen molar-refractivity contribution in [2.75, 3.05) is 11.4 Å². The lowest BCUT2D eigenvalue weighted by molar-refractivity contribution is -0.119. The molecule has 0 spiro atoms. The Hall–Kier alpha value is -3.63. The molecule has 9 nitrogen and oxygen atoms in total. The van der Waals surface area contributed by atoms with E-state index in [0.717, 1.165) is 49.2 Å². The Balaban J connectivity index is 1.26. The monoisotopic (exact) mass is 530 g/mol. The maximum atomic E-state index is 13.6. The third kappa shape index (κ3) is 4.48. The van der Waals surface area contributed by atoms with Gasteiger partial charge in [-0.15, -0.1) is 0 Å². The largest absolute Gasteiger partial charge is 0.348 e. The van der Waals surface area contributed by atoms with Gasteiger partial charge in [0.25, 0.3) is 5.91 Å². The number of rotatable bonds is 6. The number of thioether (sulfide) groups is 1. The molecular weight excluding hydrogens is 500 g/mol. The Morgan fingerprint density at radius 3 is 2.74 bits per heavy atom. The Morgan fingerprint density at radius 2 is 1.95 bits per heavy atom. The fourth-order valence-corrected chi connectivity index (χ4v) is 7.45. The molecule has 2 saturated heterocycles. The van der Waals surface area contributed by atoms with Crippen molar-refractivity contribution < 1.29 is 14.4 Å². The minimum atomic E-state index is -0.238. The highest BCUT2D eigenvalue weighted by Crippen LogP contribution is 2.48. The van der Waals surface area contributed by atoms with E-state index in [1.807, 2.05) is 47.4 Å². The Morgan fingerprint density at radius 1 is 1.11 bits per heavy atom. The van der Waals surface area contributed by atoms with Gasteiger partial charge in [-0.2, -0.15) is 0 Å². The normalized spacial score (nSPS) is 27.9. The molecule has 2 aromatic rings. The summed E-state index contributed by atoms with van der Waals surface area (Å²) in [4.78, 5) is 45.7. The molecule has 38 heavy (non-hydrogen) atoms. The van der Waals surface area contributed by atoms with Crippen LogP contribution in [-0.2, 0) is 9.59 Å². The van der Waals surface area contributed by atoms with Crippen molar-refractivity contribution in [3.8, 4) is 11.3 Å². The Bertz CT molecular complexity index is 1310. The first-order chi connectivity index (χ1) is 18.5. The van der Waals surface area contributed by atoms with Gasteiger partial charge in [0.2, 0.25) is 5.91 Å². The molecule has 3 fully saturated rings. The van der Waals surface area contributed by atoms with Gasteiger partial charge in [-0.3, -0.25) is 19.5 Å². The summed E-state index contributed by atoms with van der Waals surface area (Å²) in [7, 11) is 0. The molecule has 3 unspecified atom stereocenters. The summed E-state index contributed by atoms with van der Waals surface area (Å²) in [5.41, 5.74) is 3.30. The summed E-state index contributed by atoms with van der Waals surface area (Å²) in [6, 6.07) is 13.1. The summed E-state index contributed by atoms with van der Waals surface area (Å²) in [6.07, 6.45) is 6.31. The number of nitrogens with one attached hydrogen (secondary N) is 4. The van der Waals surface area contributed by atoms with E-state index in [0.29, 0.717) is 10.6 Å². The average Bonchev–Trinajstić information content (AvgIpc) is 3.54. The number of amides is 4. The predicted octanol–water partition coefficient (Wildman–Crippen LogP) is 2.88. The van der Waals surface area contributed by atoms with E-state index in [-0.39, 0.29) is 47.3 Å². The van der Waals surface area contributed by atoms with Gasteiger partial charge in [-0.25, -0.2) is 4.79 Å². The smallest absolute Gasteiger partial charge is 0.326 e. The highest BCUT2D eigenvalue weighted by Gasteiger charge is 2.52. The second-order valence-electron chi connectivity index (χ2n) is 10.0. The van der Waals surface area contributed by atoms with Crippen LogP contribution in [-0.4, -0.2) is 52.9 Å². The molecule has 6 rings (SSSR count). The number of pyridine rings is 1. The van der Waals surface area contributed by atoms with Crippen LogP contribution in [0.2, 0.25) is 0 Å². The van der Waals surface area contributed by atoms with E-state index >= 15 is 0 Å². The second-order valence-corrected chi connectivity index (χ2v) is 11.2. The number of carbonyl (C=O) groups is 3. The van der Waals surface area contributed by atoms with Gasteiger partial charge < -0.3 is 21.3 Å². The van der Waals surface area contributed by atoms with E-state index < -0.39 is 0 Å². The molecule has 1 aromatic carbocycles. The molecule has 10 heteroatoms. The van der Waals surface area contributed by atoms with Crippen molar-refractivity contribution >= 4 is 35.3 Å². The molecule has 1 saturated carbocycles. The fourth-order valence-electron chi connectivity index (χ4n) is 6.05. The van der Waals surface area contributed by atoms with Crippen molar-refractivity contribution in [1.29, 1.82) is 0 Å². The molecule has 4 amide bonds.